The number of carbonyl (C=O) groups is 2. The maximum Gasteiger partial charge on any atom is 0.323 e. The number of piperazine rings is 1. The second-order valence-corrected chi connectivity index (χ2v) is 14.4. The van der Waals surface area contributed by atoms with Gasteiger partial charge in [-0.15, -0.1) is 0 Å². The topological polar surface area (TPSA) is 128 Å². The van der Waals surface area contributed by atoms with E-state index in [2.05, 4.69) is 15.5 Å². The zero-order valence-corrected chi connectivity index (χ0v) is 28.2. The summed E-state index contributed by atoms with van der Waals surface area (Å²) >= 11 is 0. The molecule has 3 amide bonds. The monoisotopic (exact) mass is 701 g/mol. The average Bonchev–Trinajstić information content (AvgIpc) is 3.95. The van der Waals surface area contributed by atoms with Gasteiger partial charge in [-0.05, 0) is 61.4 Å². The number of fused-ring (bicyclic) bond motifs is 4. The summed E-state index contributed by atoms with van der Waals surface area (Å²) in [6, 6.07) is 12.9. The van der Waals surface area contributed by atoms with Crippen LogP contribution in [0.5, 0.6) is 0 Å². The molecule has 5 saturated heterocycles. The third kappa shape index (κ3) is 6.35. The van der Waals surface area contributed by atoms with E-state index in [1.165, 1.54) is 12.8 Å². The van der Waals surface area contributed by atoms with Gasteiger partial charge in [0.15, 0.2) is 5.82 Å². The van der Waals surface area contributed by atoms with Crippen LogP contribution in [0.1, 0.15) is 36.0 Å². The lowest BCUT2D eigenvalue weighted by Gasteiger charge is -2.37. The summed E-state index contributed by atoms with van der Waals surface area (Å²) in [5.74, 6) is 1.07. The number of alkyl halides is 2. The number of anilines is 4. The van der Waals surface area contributed by atoms with Crippen LogP contribution in [-0.2, 0) is 9.47 Å². The number of urea groups is 1. The molecule has 0 radical (unpaired) electrons. The number of rotatable bonds is 7. The van der Waals surface area contributed by atoms with Gasteiger partial charge in [-0.3, -0.25) is 9.69 Å². The Bertz CT molecular complexity index is 1720. The number of nitrogens with zero attached hydrogens (tertiary/aromatic N) is 7. The maximum absolute atomic E-state index is 15.0. The maximum atomic E-state index is 15.0. The van der Waals surface area contributed by atoms with Crippen LogP contribution in [0, 0.1) is 0 Å². The van der Waals surface area contributed by atoms with Gasteiger partial charge in [0, 0.05) is 67.6 Å². The van der Waals surface area contributed by atoms with Gasteiger partial charge in [0.2, 0.25) is 11.9 Å². The minimum atomic E-state index is -1.06. The Kier molecular flexibility index (Phi) is 8.43. The van der Waals surface area contributed by atoms with Gasteiger partial charge >= 0.3 is 6.03 Å². The molecule has 6 fully saturated rings. The zero-order chi connectivity index (χ0) is 34.6. The standard InChI is InChI=1S/C36H41F2N9O4/c37-28-15-26-17-50-19-30(28)46(26)34-41-32(42-35(43-34)47-27-16-29(38)31(47)20-51-18-27)21-1-5-23(6-2-21)39-36(49)40-24-7-3-22(4-8-24)33(48)45-13-11-44(12-14-45)25-9-10-25/h1-8,25-31H,9-20H2,(H2,39,40,49)/t26-,27-,28-,29-,30-,31-/m0/s1. The Balaban J connectivity index is 0.884. The molecular weight excluding hydrogens is 660 g/mol. The summed E-state index contributed by atoms with van der Waals surface area (Å²) < 4.78 is 41.3. The number of ether oxygens (including phenoxy) is 2. The van der Waals surface area contributed by atoms with E-state index >= 15 is 0 Å². The number of morpholine rings is 2. The van der Waals surface area contributed by atoms with Gasteiger partial charge in [-0.1, -0.05) is 0 Å². The Hall–Kier alpha value is -4.47. The van der Waals surface area contributed by atoms with E-state index in [1.807, 2.05) is 14.7 Å². The van der Waals surface area contributed by atoms with E-state index in [0.717, 1.165) is 26.2 Å². The van der Waals surface area contributed by atoms with Crippen LogP contribution in [-0.4, -0.2) is 132 Å². The van der Waals surface area contributed by atoms with Crippen molar-refractivity contribution in [3.05, 3.63) is 54.1 Å². The number of aromatic nitrogens is 3. The minimum Gasteiger partial charge on any atom is -0.377 e. The molecule has 1 saturated carbocycles. The SMILES string of the molecule is O=C(Nc1ccc(C(=O)N2CCN(C3CC3)CC2)cc1)Nc1ccc(-c2nc(N3[C@@H]4COC[C@H]3[C@@H](F)C4)nc(N3[C@@H]4COC[C@H]3[C@@H](F)C4)n2)cc1. The molecule has 0 spiro atoms. The fourth-order valence-electron chi connectivity index (χ4n) is 8.21. The number of nitrogens with one attached hydrogen (secondary N) is 2. The number of hydrogen-bond acceptors (Lipinski definition) is 10. The van der Waals surface area contributed by atoms with Crippen LogP contribution in [0.15, 0.2) is 48.5 Å². The quantitative estimate of drug-likeness (QED) is 0.376. The number of hydrogen-bond donors (Lipinski definition) is 2. The largest absolute Gasteiger partial charge is 0.377 e. The highest BCUT2D eigenvalue weighted by Crippen LogP contribution is 2.39. The normalized spacial score (nSPS) is 28.9. The Morgan fingerprint density at radius 2 is 1.20 bits per heavy atom. The van der Waals surface area contributed by atoms with E-state index in [4.69, 9.17) is 24.4 Å². The highest BCUT2D eigenvalue weighted by Gasteiger charge is 2.49. The molecular formula is C36H41F2N9O4. The van der Waals surface area contributed by atoms with Crippen LogP contribution in [0.25, 0.3) is 11.4 Å². The highest BCUT2D eigenvalue weighted by molar-refractivity contribution is 6.00. The molecule has 4 bridgehead atoms. The third-order valence-electron chi connectivity index (χ3n) is 11.1. The molecule has 268 valence electrons. The van der Waals surface area contributed by atoms with Crippen molar-refractivity contribution >= 4 is 35.2 Å². The lowest BCUT2D eigenvalue weighted by Crippen LogP contribution is -2.50. The molecule has 6 aliphatic rings. The highest BCUT2D eigenvalue weighted by atomic mass is 19.1. The van der Waals surface area contributed by atoms with Crippen molar-refractivity contribution < 1.29 is 27.8 Å². The molecule has 2 aromatic carbocycles. The van der Waals surface area contributed by atoms with Crippen molar-refractivity contribution in [1.82, 2.24) is 24.8 Å². The van der Waals surface area contributed by atoms with Crippen LogP contribution in [0.3, 0.4) is 0 Å². The first kappa shape index (κ1) is 32.4. The van der Waals surface area contributed by atoms with Gasteiger partial charge in [-0.25, -0.2) is 13.6 Å². The lowest BCUT2D eigenvalue weighted by molar-refractivity contribution is 0.0627. The molecule has 13 nitrogen and oxygen atoms in total. The van der Waals surface area contributed by atoms with Crippen LogP contribution < -0.4 is 20.4 Å². The van der Waals surface area contributed by atoms with Gasteiger partial charge in [0.05, 0.1) is 50.6 Å². The molecule has 51 heavy (non-hydrogen) atoms. The van der Waals surface area contributed by atoms with Gasteiger partial charge in [0.25, 0.3) is 5.91 Å². The molecule has 2 N–H and O–H groups in total. The van der Waals surface area contributed by atoms with Crippen molar-refractivity contribution in [3.63, 3.8) is 0 Å². The third-order valence-corrected chi connectivity index (χ3v) is 11.1. The smallest absolute Gasteiger partial charge is 0.323 e. The summed E-state index contributed by atoms with van der Waals surface area (Å²) in [4.78, 5) is 48.5. The summed E-state index contributed by atoms with van der Waals surface area (Å²) in [7, 11) is 0. The fourth-order valence-corrected chi connectivity index (χ4v) is 8.21. The minimum absolute atomic E-state index is 0.00627. The van der Waals surface area contributed by atoms with Gasteiger partial charge in [0.1, 0.15) is 12.3 Å². The van der Waals surface area contributed by atoms with Crippen LogP contribution >= 0.6 is 0 Å². The summed E-state index contributed by atoms with van der Waals surface area (Å²) in [5.41, 5.74) is 2.36. The zero-order valence-electron chi connectivity index (χ0n) is 28.2. The van der Waals surface area contributed by atoms with Crippen molar-refractivity contribution in [3.8, 4) is 11.4 Å². The van der Waals surface area contributed by atoms with E-state index in [9.17, 15) is 18.4 Å². The van der Waals surface area contributed by atoms with E-state index in [1.54, 1.807) is 48.5 Å². The Morgan fingerprint density at radius 3 is 1.71 bits per heavy atom. The average molecular weight is 702 g/mol. The molecule has 1 aromatic heterocycles. The van der Waals surface area contributed by atoms with E-state index in [0.29, 0.717) is 72.3 Å². The van der Waals surface area contributed by atoms with Gasteiger partial charge in [-0.2, -0.15) is 15.0 Å². The first-order chi connectivity index (χ1) is 24.9. The van der Waals surface area contributed by atoms with Gasteiger partial charge < -0.3 is 34.8 Å². The molecule has 6 heterocycles. The van der Waals surface area contributed by atoms with E-state index < -0.39 is 30.5 Å². The molecule has 0 unspecified atom stereocenters. The number of amides is 3. The molecule has 15 heteroatoms. The van der Waals surface area contributed by atoms with Crippen molar-refractivity contribution in [2.75, 3.05) is 73.0 Å². The lowest BCUT2D eigenvalue weighted by atomic mass is 10.1. The summed E-state index contributed by atoms with van der Waals surface area (Å²) in [6.07, 6.45) is 1.07. The predicted molar refractivity (Wildman–Crippen MR) is 186 cm³/mol. The number of carbonyl (C=O) groups excluding carboxylic acids is 2. The molecule has 5 aliphatic heterocycles. The van der Waals surface area contributed by atoms with E-state index in [-0.39, 0.29) is 31.2 Å². The predicted octanol–water partition coefficient (Wildman–Crippen LogP) is 3.73. The first-order valence-electron chi connectivity index (χ1n) is 18.0. The molecule has 1 aliphatic carbocycles. The molecule has 9 rings (SSSR count). The second-order valence-electron chi connectivity index (χ2n) is 14.4. The van der Waals surface area contributed by atoms with Crippen LogP contribution in [0.2, 0.25) is 0 Å². The fraction of sp³-hybridized carbons (Fsp3) is 0.528. The van der Waals surface area contributed by atoms with Crippen molar-refractivity contribution in [2.24, 2.45) is 0 Å². The molecule has 6 atom stereocenters. The first-order valence-corrected chi connectivity index (χ1v) is 18.0. The van der Waals surface area contributed by atoms with Crippen molar-refractivity contribution in [2.45, 2.75) is 68.2 Å². The number of halogens is 2. The Morgan fingerprint density at radius 1 is 0.667 bits per heavy atom. The summed E-state index contributed by atoms with van der Waals surface area (Å²) in [6.45, 7) is 4.54. The second kappa shape index (κ2) is 13.3. The van der Waals surface area contributed by atoms with Crippen LogP contribution in [0.4, 0.5) is 36.8 Å². The number of benzene rings is 2. The Labute approximate surface area is 294 Å². The summed E-state index contributed by atoms with van der Waals surface area (Å²) in [5, 5.41) is 5.66. The molecule has 3 aromatic rings. The van der Waals surface area contributed by atoms with Crippen molar-refractivity contribution in [1.29, 1.82) is 0 Å².